The van der Waals surface area contributed by atoms with Crippen LogP contribution in [-0.2, 0) is 11.2 Å². The highest BCUT2D eigenvalue weighted by atomic mass is 32.1. The van der Waals surface area contributed by atoms with E-state index in [2.05, 4.69) is 35.5 Å². The third-order valence-corrected chi connectivity index (χ3v) is 7.29. The van der Waals surface area contributed by atoms with Crippen molar-refractivity contribution in [1.29, 1.82) is 0 Å². The molecule has 0 radical (unpaired) electrons. The number of hydrogen-bond acceptors (Lipinski definition) is 4. The number of nitrogens with one attached hydrogen (secondary N) is 1. The topological polar surface area (TPSA) is 52.6 Å². The van der Waals surface area contributed by atoms with E-state index in [1.807, 2.05) is 11.3 Å². The van der Waals surface area contributed by atoms with Gasteiger partial charge in [-0.3, -0.25) is 9.69 Å². The van der Waals surface area contributed by atoms with Crippen LogP contribution in [0.5, 0.6) is 0 Å². The molecule has 4 rings (SSSR count). The number of carbonyl (C=O) groups is 2. The minimum atomic E-state index is -0.630. The van der Waals surface area contributed by atoms with Crippen LogP contribution in [0.2, 0.25) is 0 Å². The van der Waals surface area contributed by atoms with Gasteiger partial charge in [0.1, 0.15) is 5.54 Å². The van der Waals surface area contributed by atoms with Crippen molar-refractivity contribution in [3.8, 4) is 0 Å². The lowest BCUT2D eigenvalue weighted by Crippen LogP contribution is -2.50. The molecule has 136 valence electrons. The Bertz CT molecular complexity index is 678. The minimum absolute atomic E-state index is 0.00429. The fourth-order valence-electron chi connectivity index (χ4n) is 4.68. The van der Waals surface area contributed by atoms with E-state index in [0.717, 1.165) is 45.1 Å². The Kier molecular flexibility index (Phi) is 4.36. The molecule has 3 aliphatic rings. The molecule has 3 amide bonds. The van der Waals surface area contributed by atoms with Gasteiger partial charge in [0.2, 0.25) is 0 Å². The van der Waals surface area contributed by atoms with Gasteiger partial charge in [-0.05, 0) is 61.5 Å². The van der Waals surface area contributed by atoms with Crippen LogP contribution in [0.4, 0.5) is 4.79 Å². The maximum Gasteiger partial charge on any atom is 0.326 e. The molecule has 1 aromatic heterocycles. The SMILES string of the molecule is CC[C@@H]1c2ccsc2CCN1CN1C(=O)NC2(CCC(C)CC2)C1=O. The van der Waals surface area contributed by atoms with Crippen LogP contribution in [0, 0.1) is 5.92 Å². The zero-order valence-electron chi connectivity index (χ0n) is 15.1. The van der Waals surface area contributed by atoms with Gasteiger partial charge in [-0.15, -0.1) is 11.3 Å². The number of rotatable bonds is 3. The second kappa shape index (κ2) is 6.40. The fourth-order valence-corrected chi connectivity index (χ4v) is 5.60. The summed E-state index contributed by atoms with van der Waals surface area (Å²) < 4.78 is 0. The summed E-state index contributed by atoms with van der Waals surface area (Å²) in [5, 5.41) is 5.19. The summed E-state index contributed by atoms with van der Waals surface area (Å²) in [6, 6.07) is 2.31. The van der Waals surface area contributed by atoms with Crippen LogP contribution >= 0.6 is 11.3 Å². The molecule has 1 atom stereocenters. The van der Waals surface area contributed by atoms with Crippen molar-refractivity contribution in [3.63, 3.8) is 0 Å². The summed E-state index contributed by atoms with van der Waals surface area (Å²) in [4.78, 5) is 30.9. The van der Waals surface area contributed by atoms with E-state index in [4.69, 9.17) is 0 Å². The van der Waals surface area contributed by atoms with Crippen molar-refractivity contribution < 1.29 is 9.59 Å². The Morgan fingerprint density at radius 3 is 2.80 bits per heavy atom. The molecule has 1 aliphatic carbocycles. The van der Waals surface area contributed by atoms with Crippen LogP contribution in [0.15, 0.2) is 11.4 Å². The molecule has 1 N–H and O–H groups in total. The minimum Gasteiger partial charge on any atom is -0.323 e. The lowest BCUT2D eigenvalue weighted by atomic mass is 9.77. The van der Waals surface area contributed by atoms with Crippen LogP contribution in [-0.4, -0.2) is 40.5 Å². The molecular weight excluding hydrogens is 334 g/mol. The Morgan fingerprint density at radius 2 is 2.08 bits per heavy atom. The number of hydrogen-bond donors (Lipinski definition) is 1. The first-order chi connectivity index (χ1) is 12.0. The third kappa shape index (κ3) is 2.79. The Labute approximate surface area is 153 Å². The van der Waals surface area contributed by atoms with Gasteiger partial charge in [-0.2, -0.15) is 0 Å². The second-order valence-corrected chi connectivity index (χ2v) is 8.86. The average Bonchev–Trinajstić information content (AvgIpc) is 3.16. The number of amides is 3. The van der Waals surface area contributed by atoms with Gasteiger partial charge >= 0.3 is 6.03 Å². The lowest BCUT2D eigenvalue weighted by Gasteiger charge is -2.37. The molecule has 0 unspecified atom stereocenters. The molecule has 0 bridgehead atoms. The first-order valence-electron chi connectivity index (χ1n) is 9.48. The standard InChI is InChI=1S/C19H27N3O2S/c1-3-15-14-7-11-25-16(14)6-10-21(15)12-22-17(23)19(20-18(22)24)8-4-13(2)5-9-19/h7,11,13,15H,3-6,8-10,12H2,1-2H3,(H,20,24)/t13?,15-,19?/m1/s1. The zero-order chi connectivity index (χ0) is 17.6. The summed E-state index contributed by atoms with van der Waals surface area (Å²) in [6.07, 6.45) is 5.59. The number of imide groups is 1. The summed E-state index contributed by atoms with van der Waals surface area (Å²) in [6.45, 7) is 5.73. The molecule has 2 aliphatic heterocycles. The highest BCUT2D eigenvalue weighted by molar-refractivity contribution is 7.10. The number of fused-ring (bicyclic) bond motifs is 1. The molecule has 2 fully saturated rings. The van der Waals surface area contributed by atoms with Crippen LogP contribution in [0.25, 0.3) is 0 Å². The smallest absolute Gasteiger partial charge is 0.323 e. The molecule has 1 saturated heterocycles. The maximum atomic E-state index is 13.1. The maximum absolute atomic E-state index is 13.1. The van der Waals surface area contributed by atoms with E-state index >= 15 is 0 Å². The van der Waals surface area contributed by atoms with E-state index in [0.29, 0.717) is 18.6 Å². The first-order valence-corrected chi connectivity index (χ1v) is 10.4. The molecule has 0 aromatic carbocycles. The van der Waals surface area contributed by atoms with Gasteiger partial charge in [-0.1, -0.05) is 13.8 Å². The first kappa shape index (κ1) is 17.0. The highest BCUT2D eigenvalue weighted by Crippen LogP contribution is 2.38. The Hall–Kier alpha value is -1.40. The number of urea groups is 1. The van der Waals surface area contributed by atoms with Crippen LogP contribution < -0.4 is 5.32 Å². The molecule has 3 heterocycles. The molecule has 6 heteroatoms. The Morgan fingerprint density at radius 1 is 1.32 bits per heavy atom. The van der Waals surface area contributed by atoms with Crippen LogP contribution in [0.3, 0.4) is 0 Å². The monoisotopic (exact) mass is 361 g/mol. The molecule has 5 nitrogen and oxygen atoms in total. The van der Waals surface area contributed by atoms with E-state index in [9.17, 15) is 9.59 Å². The predicted octanol–water partition coefficient (Wildman–Crippen LogP) is 3.52. The Balaban J connectivity index is 1.51. The normalized spacial score (nSPS) is 33.0. The molecule has 1 aromatic rings. The van der Waals surface area contributed by atoms with Crippen molar-refractivity contribution in [2.75, 3.05) is 13.2 Å². The van der Waals surface area contributed by atoms with E-state index in [1.54, 1.807) is 0 Å². The van der Waals surface area contributed by atoms with Crippen LogP contribution in [0.1, 0.15) is 62.4 Å². The summed E-state index contributed by atoms with van der Waals surface area (Å²) in [5.74, 6) is 0.642. The van der Waals surface area contributed by atoms with Gasteiger partial charge < -0.3 is 5.32 Å². The third-order valence-electron chi connectivity index (χ3n) is 6.29. The van der Waals surface area contributed by atoms with Crippen molar-refractivity contribution in [1.82, 2.24) is 15.1 Å². The van der Waals surface area contributed by atoms with Gasteiger partial charge in [0.15, 0.2) is 0 Å². The van der Waals surface area contributed by atoms with Crippen molar-refractivity contribution in [2.45, 2.75) is 64.0 Å². The van der Waals surface area contributed by atoms with Crippen molar-refractivity contribution in [3.05, 3.63) is 21.9 Å². The highest BCUT2D eigenvalue weighted by Gasteiger charge is 2.52. The quantitative estimate of drug-likeness (QED) is 0.838. The number of nitrogens with zero attached hydrogens (tertiary/aromatic N) is 2. The van der Waals surface area contributed by atoms with E-state index in [-0.39, 0.29) is 11.9 Å². The number of carbonyl (C=O) groups excluding carboxylic acids is 2. The van der Waals surface area contributed by atoms with E-state index in [1.165, 1.54) is 15.3 Å². The van der Waals surface area contributed by atoms with Gasteiger partial charge in [0.25, 0.3) is 5.91 Å². The van der Waals surface area contributed by atoms with Gasteiger partial charge in [0, 0.05) is 17.5 Å². The molecule has 25 heavy (non-hydrogen) atoms. The predicted molar refractivity (Wildman–Crippen MR) is 98.4 cm³/mol. The molecular formula is C19H27N3O2S. The number of thiophene rings is 1. The average molecular weight is 362 g/mol. The largest absolute Gasteiger partial charge is 0.326 e. The van der Waals surface area contributed by atoms with Gasteiger partial charge in [-0.25, -0.2) is 9.69 Å². The zero-order valence-corrected chi connectivity index (χ0v) is 15.9. The summed E-state index contributed by atoms with van der Waals surface area (Å²) in [5.41, 5.74) is 0.751. The molecule has 1 saturated carbocycles. The summed E-state index contributed by atoms with van der Waals surface area (Å²) in [7, 11) is 0. The van der Waals surface area contributed by atoms with Crippen molar-refractivity contribution >= 4 is 23.3 Å². The van der Waals surface area contributed by atoms with Gasteiger partial charge in [0.05, 0.1) is 6.67 Å². The molecule has 1 spiro atoms. The van der Waals surface area contributed by atoms with E-state index < -0.39 is 5.54 Å². The lowest BCUT2D eigenvalue weighted by molar-refractivity contribution is -0.134. The fraction of sp³-hybridized carbons (Fsp3) is 0.684. The van der Waals surface area contributed by atoms with Crippen molar-refractivity contribution in [2.24, 2.45) is 5.92 Å². The second-order valence-electron chi connectivity index (χ2n) is 7.85. The summed E-state index contributed by atoms with van der Waals surface area (Å²) >= 11 is 1.82.